The lowest BCUT2D eigenvalue weighted by Gasteiger charge is -2.19. The van der Waals surface area contributed by atoms with E-state index in [4.69, 9.17) is 4.84 Å². The topological polar surface area (TPSA) is 55.8 Å². The van der Waals surface area contributed by atoms with Crippen LogP contribution in [0.4, 0.5) is 10.5 Å². The van der Waals surface area contributed by atoms with Gasteiger partial charge in [-0.2, -0.15) is 5.06 Å². The summed E-state index contributed by atoms with van der Waals surface area (Å²) in [5, 5.41) is 0.959. The summed E-state index contributed by atoms with van der Waals surface area (Å²) in [7, 11) is 1.25. The highest BCUT2D eigenvalue weighted by molar-refractivity contribution is 5.97. The van der Waals surface area contributed by atoms with E-state index in [0.29, 0.717) is 11.3 Å². The zero-order valence-corrected chi connectivity index (χ0v) is 11.6. The number of hydrogen-bond acceptors (Lipinski definition) is 4. The Labute approximate surface area is 122 Å². The summed E-state index contributed by atoms with van der Waals surface area (Å²) in [4.78, 5) is 29.0. The molecule has 0 aliphatic rings. The summed E-state index contributed by atoms with van der Waals surface area (Å²) in [6.07, 6.45) is -0.693. The molecule has 0 aliphatic heterocycles. The van der Waals surface area contributed by atoms with Crippen molar-refractivity contribution in [3.8, 4) is 0 Å². The van der Waals surface area contributed by atoms with Gasteiger partial charge < -0.3 is 4.74 Å². The Balaban J connectivity index is 2.07. The van der Waals surface area contributed by atoms with E-state index in [0.717, 1.165) is 5.06 Å². The smallest absolute Gasteiger partial charge is 0.438 e. The lowest BCUT2D eigenvalue weighted by atomic mass is 10.1. The Hall–Kier alpha value is -2.66. The highest BCUT2D eigenvalue weighted by atomic mass is 16.7. The van der Waals surface area contributed by atoms with Crippen LogP contribution in [-0.4, -0.2) is 25.6 Å². The van der Waals surface area contributed by atoms with Crippen LogP contribution >= 0.6 is 0 Å². The molecule has 0 heterocycles. The van der Waals surface area contributed by atoms with Crippen LogP contribution in [0.15, 0.2) is 60.7 Å². The van der Waals surface area contributed by atoms with Crippen LogP contribution < -0.4 is 5.06 Å². The standard InChI is InChI=1S/C16H15NO4/c1-20-16(19)17(14-10-6-3-7-11-14)21-12-15(18)13-8-4-2-5-9-13/h2-11H,12H2,1H3. The minimum atomic E-state index is -0.693. The number of benzene rings is 2. The van der Waals surface area contributed by atoms with Gasteiger partial charge in [-0.1, -0.05) is 48.5 Å². The molecule has 0 radical (unpaired) electrons. The second kappa shape index (κ2) is 7.21. The molecular weight excluding hydrogens is 270 g/mol. The zero-order valence-electron chi connectivity index (χ0n) is 11.6. The summed E-state index contributed by atoms with van der Waals surface area (Å²) in [5.74, 6) is -0.222. The minimum absolute atomic E-state index is 0.222. The summed E-state index contributed by atoms with van der Waals surface area (Å²) in [6.45, 7) is -0.256. The van der Waals surface area contributed by atoms with Gasteiger partial charge in [0, 0.05) is 5.56 Å². The number of rotatable bonds is 5. The molecule has 0 spiro atoms. The highest BCUT2D eigenvalue weighted by Gasteiger charge is 2.19. The van der Waals surface area contributed by atoms with E-state index in [2.05, 4.69) is 4.74 Å². The van der Waals surface area contributed by atoms with Crippen molar-refractivity contribution in [3.05, 3.63) is 66.2 Å². The number of methoxy groups -OCH3 is 1. The Kier molecular flexibility index (Phi) is 5.06. The van der Waals surface area contributed by atoms with Crippen LogP contribution in [0.3, 0.4) is 0 Å². The molecule has 0 saturated heterocycles. The molecule has 21 heavy (non-hydrogen) atoms. The van der Waals surface area contributed by atoms with E-state index < -0.39 is 6.09 Å². The van der Waals surface area contributed by atoms with Gasteiger partial charge >= 0.3 is 6.09 Å². The number of carbonyl (C=O) groups excluding carboxylic acids is 2. The lowest BCUT2D eigenvalue weighted by Crippen LogP contribution is -2.33. The van der Waals surface area contributed by atoms with Gasteiger partial charge in [0.1, 0.15) is 6.61 Å². The first-order valence-electron chi connectivity index (χ1n) is 6.36. The molecule has 5 nitrogen and oxygen atoms in total. The van der Waals surface area contributed by atoms with Crippen LogP contribution in [-0.2, 0) is 9.57 Å². The fraction of sp³-hybridized carbons (Fsp3) is 0.125. The fourth-order valence-electron chi connectivity index (χ4n) is 1.71. The van der Waals surface area contributed by atoms with Gasteiger partial charge in [0.05, 0.1) is 12.8 Å². The number of anilines is 1. The third-order valence-corrected chi connectivity index (χ3v) is 2.75. The summed E-state index contributed by atoms with van der Waals surface area (Å²) in [5.41, 5.74) is 1.01. The number of nitrogens with zero attached hydrogens (tertiary/aromatic N) is 1. The van der Waals surface area contributed by atoms with Gasteiger partial charge in [0.15, 0.2) is 5.78 Å². The second-order valence-electron chi connectivity index (χ2n) is 4.16. The van der Waals surface area contributed by atoms with E-state index in [1.807, 2.05) is 12.1 Å². The van der Waals surface area contributed by atoms with Crippen molar-refractivity contribution in [2.24, 2.45) is 0 Å². The fourth-order valence-corrected chi connectivity index (χ4v) is 1.71. The Morgan fingerprint density at radius 3 is 2.10 bits per heavy atom. The summed E-state index contributed by atoms with van der Waals surface area (Å²) >= 11 is 0. The lowest BCUT2D eigenvalue weighted by molar-refractivity contribution is 0.0653. The molecule has 1 amide bonds. The molecule has 0 N–H and O–H groups in total. The number of hydroxylamine groups is 1. The molecule has 0 bridgehead atoms. The van der Waals surface area contributed by atoms with E-state index >= 15 is 0 Å². The van der Waals surface area contributed by atoms with E-state index in [1.54, 1.807) is 48.5 Å². The molecule has 0 atom stereocenters. The predicted molar refractivity (Wildman–Crippen MR) is 78.1 cm³/mol. The van der Waals surface area contributed by atoms with Crippen molar-refractivity contribution in [2.45, 2.75) is 0 Å². The highest BCUT2D eigenvalue weighted by Crippen LogP contribution is 2.15. The summed E-state index contributed by atoms with van der Waals surface area (Å²) in [6, 6.07) is 17.4. The molecule has 0 fully saturated rings. The van der Waals surface area contributed by atoms with Gasteiger partial charge in [0.25, 0.3) is 0 Å². The maximum absolute atomic E-state index is 12.0. The van der Waals surface area contributed by atoms with Crippen molar-refractivity contribution in [1.29, 1.82) is 0 Å². The van der Waals surface area contributed by atoms with Crippen LogP contribution in [0.2, 0.25) is 0 Å². The third kappa shape index (κ3) is 3.90. The second-order valence-corrected chi connectivity index (χ2v) is 4.16. The Morgan fingerprint density at radius 1 is 0.952 bits per heavy atom. The van der Waals surface area contributed by atoms with Gasteiger partial charge in [-0.25, -0.2) is 4.79 Å². The number of ketones is 1. The minimum Gasteiger partial charge on any atom is -0.451 e. The molecule has 2 rings (SSSR count). The number of amides is 1. The number of ether oxygens (including phenoxy) is 1. The van der Waals surface area contributed by atoms with Crippen molar-refractivity contribution >= 4 is 17.6 Å². The summed E-state index contributed by atoms with van der Waals surface area (Å²) < 4.78 is 4.66. The van der Waals surface area contributed by atoms with Gasteiger partial charge in [0.2, 0.25) is 0 Å². The van der Waals surface area contributed by atoms with Crippen molar-refractivity contribution < 1.29 is 19.2 Å². The maximum Gasteiger partial charge on any atom is 0.438 e. The molecule has 2 aromatic rings. The van der Waals surface area contributed by atoms with Crippen LogP contribution in [0.25, 0.3) is 0 Å². The van der Waals surface area contributed by atoms with E-state index in [9.17, 15) is 9.59 Å². The quantitative estimate of drug-likeness (QED) is 0.626. The van der Waals surface area contributed by atoms with Crippen LogP contribution in [0, 0.1) is 0 Å². The normalized spacial score (nSPS) is 9.95. The number of para-hydroxylation sites is 1. The van der Waals surface area contributed by atoms with Crippen LogP contribution in [0.5, 0.6) is 0 Å². The van der Waals surface area contributed by atoms with E-state index in [1.165, 1.54) is 7.11 Å². The monoisotopic (exact) mass is 285 g/mol. The largest absolute Gasteiger partial charge is 0.451 e. The predicted octanol–water partition coefficient (Wildman–Crippen LogP) is 3.07. The molecule has 0 aromatic heterocycles. The molecule has 108 valence electrons. The van der Waals surface area contributed by atoms with E-state index in [-0.39, 0.29) is 12.4 Å². The third-order valence-electron chi connectivity index (χ3n) is 2.75. The van der Waals surface area contributed by atoms with Crippen molar-refractivity contribution in [3.63, 3.8) is 0 Å². The first-order chi connectivity index (χ1) is 10.2. The molecule has 2 aromatic carbocycles. The average molecular weight is 285 g/mol. The van der Waals surface area contributed by atoms with Crippen molar-refractivity contribution in [1.82, 2.24) is 0 Å². The molecule has 5 heteroatoms. The van der Waals surface area contributed by atoms with Crippen molar-refractivity contribution in [2.75, 3.05) is 18.8 Å². The molecule has 0 unspecified atom stereocenters. The first kappa shape index (κ1) is 14.7. The Bertz CT molecular complexity index is 598. The molecule has 0 aliphatic carbocycles. The van der Waals surface area contributed by atoms with Crippen LogP contribution in [0.1, 0.15) is 10.4 Å². The van der Waals surface area contributed by atoms with Gasteiger partial charge in [-0.3, -0.25) is 9.63 Å². The number of Topliss-reactive ketones (excluding diaryl/α,β-unsaturated/α-hetero) is 1. The maximum atomic E-state index is 12.0. The molecule has 0 saturated carbocycles. The number of hydrogen-bond donors (Lipinski definition) is 0. The van der Waals surface area contributed by atoms with Gasteiger partial charge in [-0.15, -0.1) is 0 Å². The van der Waals surface area contributed by atoms with Gasteiger partial charge in [-0.05, 0) is 12.1 Å². The Morgan fingerprint density at radius 2 is 1.52 bits per heavy atom. The molecular formula is C16H15NO4. The first-order valence-corrected chi connectivity index (χ1v) is 6.36. The number of carbonyl (C=O) groups is 2. The SMILES string of the molecule is COC(=O)N(OCC(=O)c1ccccc1)c1ccccc1. The zero-order chi connectivity index (χ0) is 15.1. The average Bonchev–Trinajstić information content (AvgIpc) is 2.56.